The predicted molar refractivity (Wildman–Crippen MR) is 99.0 cm³/mol. The molecule has 4 rings (SSSR count). The molecule has 8 heteroatoms. The minimum atomic E-state index is -0.482. The van der Waals surface area contributed by atoms with E-state index in [9.17, 15) is 9.59 Å². The zero-order valence-electron chi connectivity index (χ0n) is 15.0. The van der Waals surface area contributed by atoms with Crippen molar-refractivity contribution < 1.29 is 14.3 Å². The van der Waals surface area contributed by atoms with Crippen molar-refractivity contribution in [1.82, 2.24) is 19.9 Å². The van der Waals surface area contributed by atoms with E-state index >= 15 is 0 Å². The fourth-order valence-electron chi connectivity index (χ4n) is 3.16. The van der Waals surface area contributed by atoms with Gasteiger partial charge in [-0.25, -0.2) is 4.79 Å². The molecule has 2 heterocycles. The van der Waals surface area contributed by atoms with Crippen LogP contribution < -0.4 is 5.73 Å². The van der Waals surface area contributed by atoms with Gasteiger partial charge in [-0.1, -0.05) is 23.4 Å². The number of benzene rings is 2. The lowest BCUT2D eigenvalue weighted by Gasteiger charge is -2.28. The third kappa shape index (κ3) is 2.93. The average molecular weight is 365 g/mol. The summed E-state index contributed by atoms with van der Waals surface area (Å²) in [5, 5.41) is 8.17. The first-order valence-electron chi connectivity index (χ1n) is 8.52. The SMILES string of the molecule is CC1(C)COCN1C(=O)n1nnc2cc(-c3cccc(C(N)=O)c3)ccc21. The van der Waals surface area contributed by atoms with Crippen molar-refractivity contribution in [2.45, 2.75) is 19.4 Å². The Bertz CT molecular complexity index is 1060. The van der Waals surface area contributed by atoms with Crippen LogP contribution in [0.5, 0.6) is 0 Å². The van der Waals surface area contributed by atoms with E-state index in [1.54, 1.807) is 29.2 Å². The second kappa shape index (κ2) is 6.17. The maximum atomic E-state index is 12.9. The largest absolute Gasteiger partial charge is 0.366 e. The molecule has 0 spiro atoms. The highest BCUT2D eigenvalue weighted by molar-refractivity contribution is 5.95. The molecule has 1 aromatic heterocycles. The highest BCUT2D eigenvalue weighted by atomic mass is 16.5. The van der Waals surface area contributed by atoms with E-state index < -0.39 is 11.4 Å². The second-order valence-electron chi connectivity index (χ2n) is 7.15. The summed E-state index contributed by atoms with van der Waals surface area (Å²) in [6, 6.07) is 12.3. The number of amides is 2. The van der Waals surface area contributed by atoms with Gasteiger partial charge in [0.25, 0.3) is 0 Å². The number of aromatic nitrogens is 3. The third-order valence-corrected chi connectivity index (χ3v) is 4.74. The number of hydrogen-bond acceptors (Lipinski definition) is 5. The fraction of sp³-hybridized carbons (Fsp3) is 0.263. The van der Waals surface area contributed by atoms with Gasteiger partial charge in [0.05, 0.1) is 17.7 Å². The Kier molecular flexibility index (Phi) is 3.92. The average Bonchev–Trinajstić information content (AvgIpc) is 3.23. The maximum Gasteiger partial charge on any atom is 0.349 e. The quantitative estimate of drug-likeness (QED) is 0.750. The van der Waals surface area contributed by atoms with E-state index in [1.807, 2.05) is 32.0 Å². The predicted octanol–water partition coefficient (Wildman–Crippen LogP) is 2.23. The number of rotatable bonds is 2. The lowest BCUT2D eigenvalue weighted by Crippen LogP contribution is -2.46. The van der Waals surface area contributed by atoms with Crippen molar-refractivity contribution >= 4 is 23.0 Å². The fourth-order valence-corrected chi connectivity index (χ4v) is 3.16. The molecule has 1 aliphatic rings. The number of ether oxygens (including phenoxy) is 1. The van der Waals surface area contributed by atoms with Gasteiger partial charge in [0.1, 0.15) is 12.2 Å². The number of carbonyl (C=O) groups is 2. The van der Waals surface area contributed by atoms with Crippen LogP contribution in [0.1, 0.15) is 24.2 Å². The van der Waals surface area contributed by atoms with Crippen LogP contribution in [0.25, 0.3) is 22.2 Å². The Hall–Kier alpha value is -3.26. The van der Waals surface area contributed by atoms with Crippen molar-refractivity contribution in [3.63, 3.8) is 0 Å². The van der Waals surface area contributed by atoms with Crippen LogP contribution in [0.2, 0.25) is 0 Å². The first kappa shape index (κ1) is 17.2. The summed E-state index contributed by atoms with van der Waals surface area (Å²) in [5.41, 5.74) is 8.28. The molecular weight excluding hydrogens is 346 g/mol. The molecule has 3 aromatic rings. The third-order valence-electron chi connectivity index (χ3n) is 4.74. The highest BCUT2D eigenvalue weighted by Crippen LogP contribution is 2.26. The van der Waals surface area contributed by atoms with Gasteiger partial charge in [-0.2, -0.15) is 4.68 Å². The van der Waals surface area contributed by atoms with Gasteiger partial charge in [-0.3, -0.25) is 9.69 Å². The lowest BCUT2D eigenvalue weighted by molar-refractivity contribution is 0.1000. The van der Waals surface area contributed by atoms with Gasteiger partial charge < -0.3 is 10.5 Å². The van der Waals surface area contributed by atoms with Crippen LogP contribution in [0.4, 0.5) is 4.79 Å². The van der Waals surface area contributed by atoms with Crippen molar-refractivity contribution in [3.05, 3.63) is 48.0 Å². The van der Waals surface area contributed by atoms with Crippen LogP contribution in [-0.2, 0) is 4.74 Å². The summed E-state index contributed by atoms with van der Waals surface area (Å²) in [7, 11) is 0. The normalized spacial score (nSPS) is 16.0. The van der Waals surface area contributed by atoms with Gasteiger partial charge in [-0.15, -0.1) is 5.10 Å². The molecule has 0 bridgehead atoms. The second-order valence-corrected chi connectivity index (χ2v) is 7.15. The van der Waals surface area contributed by atoms with Crippen LogP contribution in [-0.4, -0.2) is 50.7 Å². The zero-order chi connectivity index (χ0) is 19.2. The van der Waals surface area contributed by atoms with Crippen LogP contribution >= 0.6 is 0 Å². The molecule has 0 atom stereocenters. The van der Waals surface area contributed by atoms with E-state index in [0.717, 1.165) is 11.1 Å². The molecule has 2 aromatic carbocycles. The minimum Gasteiger partial charge on any atom is -0.366 e. The van der Waals surface area contributed by atoms with Crippen molar-refractivity contribution in [3.8, 4) is 11.1 Å². The summed E-state index contributed by atoms with van der Waals surface area (Å²) < 4.78 is 6.70. The monoisotopic (exact) mass is 365 g/mol. The van der Waals surface area contributed by atoms with E-state index in [-0.39, 0.29) is 12.8 Å². The van der Waals surface area contributed by atoms with Gasteiger partial charge in [0, 0.05) is 5.56 Å². The maximum absolute atomic E-state index is 12.9. The molecule has 1 aliphatic heterocycles. The van der Waals surface area contributed by atoms with Gasteiger partial charge in [0.15, 0.2) is 0 Å². The van der Waals surface area contributed by atoms with Crippen molar-refractivity contribution in [2.75, 3.05) is 13.3 Å². The first-order chi connectivity index (χ1) is 12.9. The molecule has 2 N–H and O–H groups in total. The molecule has 1 saturated heterocycles. The molecule has 138 valence electrons. The van der Waals surface area contributed by atoms with Gasteiger partial charge >= 0.3 is 6.03 Å². The van der Waals surface area contributed by atoms with E-state index in [1.165, 1.54) is 4.68 Å². The first-order valence-corrected chi connectivity index (χ1v) is 8.52. The summed E-state index contributed by atoms with van der Waals surface area (Å²) in [4.78, 5) is 25.9. The number of hydrogen-bond donors (Lipinski definition) is 1. The lowest BCUT2D eigenvalue weighted by atomic mass is 10.0. The number of primary amides is 1. The summed E-state index contributed by atoms with van der Waals surface area (Å²) in [6.07, 6.45) is 0. The number of carbonyl (C=O) groups excluding carboxylic acids is 2. The molecule has 0 radical (unpaired) electrons. The summed E-state index contributed by atoms with van der Waals surface area (Å²) in [6.45, 7) is 4.60. The van der Waals surface area contributed by atoms with Crippen LogP contribution in [0, 0.1) is 0 Å². The smallest absolute Gasteiger partial charge is 0.349 e. The standard InChI is InChI=1S/C19H19N5O3/c1-19(2)10-27-11-23(19)18(26)24-16-7-6-13(9-15(16)21-22-24)12-4-3-5-14(8-12)17(20)25/h3-9H,10-11H2,1-2H3,(H2,20,25). The van der Waals surface area contributed by atoms with E-state index in [0.29, 0.717) is 23.2 Å². The van der Waals surface area contributed by atoms with Gasteiger partial charge in [0.2, 0.25) is 5.91 Å². The molecule has 0 unspecified atom stereocenters. The van der Waals surface area contributed by atoms with Crippen LogP contribution in [0.3, 0.4) is 0 Å². The molecule has 0 aliphatic carbocycles. The molecule has 1 fully saturated rings. The van der Waals surface area contributed by atoms with Gasteiger partial charge in [-0.05, 0) is 49.2 Å². The topological polar surface area (TPSA) is 103 Å². The molecular formula is C19H19N5O3. The minimum absolute atomic E-state index is 0.227. The molecule has 8 nitrogen and oxygen atoms in total. The summed E-state index contributed by atoms with van der Waals surface area (Å²) >= 11 is 0. The molecule has 2 amide bonds. The number of fused-ring (bicyclic) bond motifs is 1. The van der Waals surface area contributed by atoms with Crippen LogP contribution in [0.15, 0.2) is 42.5 Å². The van der Waals surface area contributed by atoms with E-state index in [2.05, 4.69) is 10.3 Å². The van der Waals surface area contributed by atoms with Crippen molar-refractivity contribution in [1.29, 1.82) is 0 Å². The Morgan fingerprint density at radius 1 is 1.15 bits per heavy atom. The molecule has 27 heavy (non-hydrogen) atoms. The Balaban J connectivity index is 1.71. The van der Waals surface area contributed by atoms with E-state index in [4.69, 9.17) is 10.5 Å². The Labute approximate surface area is 155 Å². The Morgan fingerprint density at radius 2 is 1.93 bits per heavy atom. The summed E-state index contributed by atoms with van der Waals surface area (Å²) in [5.74, 6) is -0.482. The van der Waals surface area contributed by atoms with Crippen molar-refractivity contribution in [2.24, 2.45) is 5.73 Å². The highest BCUT2D eigenvalue weighted by Gasteiger charge is 2.38. The molecule has 0 saturated carbocycles. The zero-order valence-corrected chi connectivity index (χ0v) is 15.0. The number of nitrogens with zero attached hydrogens (tertiary/aromatic N) is 4. The number of nitrogens with two attached hydrogens (primary N) is 1. The Morgan fingerprint density at radius 3 is 2.63 bits per heavy atom.